The molecule has 0 aliphatic carbocycles. The number of nitrogens with zero attached hydrogens (tertiary/aromatic N) is 1. The van der Waals surface area contributed by atoms with Gasteiger partial charge >= 0.3 is 5.97 Å². The Morgan fingerprint density at radius 2 is 2.00 bits per heavy atom. The van der Waals surface area contributed by atoms with Gasteiger partial charge in [-0.3, -0.25) is 19.7 Å². The van der Waals surface area contributed by atoms with Crippen LogP contribution in [0.1, 0.15) is 42.6 Å². The fraction of sp³-hybridized carbons (Fsp3) is 0.429. The van der Waals surface area contributed by atoms with E-state index in [0.717, 1.165) is 0 Å². The average molecular weight is 294 g/mol. The molecule has 0 heterocycles. The predicted octanol–water partition coefficient (Wildman–Crippen LogP) is 2.28. The fourth-order valence-electron chi connectivity index (χ4n) is 1.92. The van der Waals surface area contributed by atoms with Crippen LogP contribution in [0, 0.1) is 17.0 Å². The minimum Gasteiger partial charge on any atom is -0.481 e. The lowest BCUT2D eigenvalue weighted by Gasteiger charge is -2.26. The van der Waals surface area contributed by atoms with E-state index in [1.54, 1.807) is 13.8 Å². The van der Waals surface area contributed by atoms with Crippen LogP contribution in [0.5, 0.6) is 0 Å². The number of amides is 1. The van der Waals surface area contributed by atoms with Crippen LogP contribution in [-0.2, 0) is 4.79 Å². The molecule has 7 heteroatoms. The highest BCUT2D eigenvalue weighted by atomic mass is 16.6. The molecule has 1 aromatic rings. The highest BCUT2D eigenvalue weighted by Crippen LogP contribution is 2.22. The first kappa shape index (κ1) is 16.6. The summed E-state index contributed by atoms with van der Waals surface area (Å²) in [7, 11) is 0. The molecule has 0 aromatic heterocycles. The Bertz CT molecular complexity index is 581. The Balaban J connectivity index is 2.92. The summed E-state index contributed by atoms with van der Waals surface area (Å²) < 4.78 is 0. The lowest BCUT2D eigenvalue weighted by molar-refractivity contribution is -0.385. The summed E-state index contributed by atoms with van der Waals surface area (Å²) >= 11 is 0. The molecule has 7 nitrogen and oxygen atoms in total. The number of carbonyl (C=O) groups is 2. The van der Waals surface area contributed by atoms with Crippen molar-refractivity contribution in [2.45, 2.75) is 39.2 Å². The minimum absolute atomic E-state index is 0.0683. The van der Waals surface area contributed by atoms with Gasteiger partial charge in [-0.1, -0.05) is 6.07 Å². The number of carboxylic acid groups (broad SMARTS) is 1. The van der Waals surface area contributed by atoms with Gasteiger partial charge in [0, 0.05) is 29.2 Å². The number of nitro groups is 1. The van der Waals surface area contributed by atoms with Gasteiger partial charge in [-0.2, -0.15) is 0 Å². The van der Waals surface area contributed by atoms with E-state index in [1.165, 1.54) is 25.1 Å². The standard InChI is InChI=1S/C14H18N2O5/c1-9-10(5-4-6-11(9)16(20)21)13(19)15-14(2,3)8-7-12(17)18/h4-6H,7-8H2,1-3H3,(H,15,19)(H,17,18). The van der Waals surface area contributed by atoms with Crippen molar-refractivity contribution in [2.75, 3.05) is 0 Å². The Kier molecular flexibility index (Phi) is 5.02. The van der Waals surface area contributed by atoms with E-state index < -0.39 is 22.3 Å². The number of hydrogen-bond acceptors (Lipinski definition) is 4. The predicted molar refractivity (Wildman–Crippen MR) is 76.2 cm³/mol. The first-order chi connectivity index (χ1) is 9.64. The second-order valence-electron chi connectivity index (χ2n) is 5.44. The number of rotatable bonds is 6. The van der Waals surface area contributed by atoms with Gasteiger partial charge in [-0.25, -0.2) is 0 Å². The van der Waals surface area contributed by atoms with Gasteiger partial charge in [0.2, 0.25) is 0 Å². The number of aliphatic carboxylic acids is 1. The van der Waals surface area contributed by atoms with E-state index in [0.29, 0.717) is 0 Å². The van der Waals surface area contributed by atoms with Crippen LogP contribution < -0.4 is 5.32 Å². The topological polar surface area (TPSA) is 110 Å². The smallest absolute Gasteiger partial charge is 0.303 e. The summed E-state index contributed by atoms with van der Waals surface area (Å²) in [6.45, 7) is 4.93. The molecule has 0 aliphatic heterocycles. The number of carbonyl (C=O) groups excluding carboxylic acids is 1. The molecule has 1 rings (SSSR count). The van der Waals surface area contributed by atoms with Crippen LogP contribution >= 0.6 is 0 Å². The molecule has 0 saturated carbocycles. The van der Waals surface area contributed by atoms with Crippen molar-refractivity contribution >= 4 is 17.6 Å². The summed E-state index contributed by atoms with van der Waals surface area (Å²) in [4.78, 5) is 33.1. The number of nitrogens with one attached hydrogen (secondary N) is 1. The molecule has 0 fully saturated rings. The Morgan fingerprint density at radius 3 is 2.52 bits per heavy atom. The maximum atomic E-state index is 12.2. The van der Waals surface area contributed by atoms with Gasteiger partial charge in [-0.05, 0) is 33.3 Å². The molecule has 0 atom stereocenters. The Labute approximate surface area is 122 Å². The summed E-state index contributed by atoms with van der Waals surface area (Å²) in [6.07, 6.45) is 0.198. The minimum atomic E-state index is -0.941. The second kappa shape index (κ2) is 6.34. The number of nitro benzene ring substituents is 1. The van der Waals surface area contributed by atoms with Gasteiger partial charge in [0.25, 0.3) is 11.6 Å². The zero-order chi connectivity index (χ0) is 16.2. The van der Waals surface area contributed by atoms with Crippen molar-refractivity contribution in [3.05, 3.63) is 39.4 Å². The van der Waals surface area contributed by atoms with Crippen LogP contribution in [0.3, 0.4) is 0 Å². The van der Waals surface area contributed by atoms with Crippen LogP contribution in [0.25, 0.3) is 0 Å². The molecule has 0 unspecified atom stereocenters. The first-order valence-corrected chi connectivity index (χ1v) is 6.42. The van der Waals surface area contributed by atoms with Gasteiger partial charge in [-0.15, -0.1) is 0 Å². The number of benzene rings is 1. The zero-order valence-corrected chi connectivity index (χ0v) is 12.2. The summed E-state index contributed by atoms with van der Waals surface area (Å²) in [5.41, 5.74) is -0.334. The van der Waals surface area contributed by atoms with Crippen LogP contribution in [0.4, 0.5) is 5.69 Å². The largest absolute Gasteiger partial charge is 0.481 e. The molecule has 0 radical (unpaired) electrons. The van der Waals surface area contributed by atoms with E-state index in [-0.39, 0.29) is 29.7 Å². The van der Waals surface area contributed by atoms with Crippen molar-refractivity contribution in [1.82, 2.24) is 5.32 Å². The van der Waals surface area contributed by atoms with Crippen LogP contribution in [0.2, 0.25) is 0 Å². The highest BCUT2D eigenvalue weighted by Gasteiger charge is 2.24. The zero-order valence-electron chi connectivity index (χ0n) is 12.2. The van der Waals surface area contributed by atoms with E-state index in [9.17, 15) is 19.7 Å². The number of hydrogen-bond donors (Lipinski definition) is 2. The van der Waals surface area contributed by atoms with Crippen molar-refractivity contribution in [1.29, 1.82) is 0 Å². The van der Waals surface area contributed by atoms with E-state index in [2.05, 4.69) is 5.32 Å². The van der Waals surface area contributed by atoms with Gasteiger partial charge in [0.05, 0.1) is 4.92 Å². The molecule has 0 spiro atoms. The van der Waals surface area contributed by atoms with Gasteiger partial charge in [0.1, 0.15) is 0 Å². The normalized spacial score (nSPS) is 11.0. The van der Waals surface area contributed by atoms with Crippen LogP contribution in [-0.4, -0.2) is 27.4 Å². The molecule has 114 valence electrons. The van der Waals surface area contributed by atoms with Crippen molar-refractivity contribution in [3.8, 4) is 0 Å². The maximum absolute atomic E-state index is 12.2. The van der Waals surface area contributed by atoms with Gasteiger partial charge < -0.3 is 10.4 Å². The molecular weight excluding hydrogens is 276 g/mol. The quantitative estimate of drug-likeness (QED) is 0.617. The first-order valence-electron chi connectivity index (χ1n) is 6.42. The Hall–Kier alpha value is -2.44. The van der Waals surface area contributed by atoms with Crippen molar-refractivity contribution < 1.29 is 19.6 Å². The SMILES string of the molecule is Cc1c(C(=O)NC(C)(C)CCC(=O)O)cccc1[N+](=O)[O-]. The lowest BCUT2D eigenvalue weighted by atomic mass is 9.97. The Morgan fingerprint density at radius 1 is 1.38 bits per heavy atom. The summed E-state index contributed by atoms with van der Waals surface area (Å²) in [5, 5.41) is 22.3. The van der Waals surface area contributed by atoms with E-state index >= 15 is 0 Å². The van der Waals surface area contributed by atoms with E-state index in [4.69, 9.17) is 5.11 Å². The molecule has 21 heavy (non-hydrogen) atoms. The summed E-state index contributed by atoms with van der Waals surface area (Å²) in [5.74, 6) is -1.39. The van der Waals surface area contributed by atoms with Crippen molar-refractivity contribution in [3.63, 3.8) is 0 Å². The molecule has 0 aliphatic rings. The fourth-order valence-corrected chi connectivity index (χ4v) is 1.92. The third-order valence-corrected chi connectivity index (χ3v) is 3.16. The van der Waals surface area contributed by atoms with Gasteiger partial charge in [0.15, 0.2) is 0 Å². The monoisotopic (exact) mass is 294 g/mol. The third-order valence-electron chi connectivity index (χ3n) is 3.16. The number of carboxylic acids is 1. The highest BCUT2D eigenvalue weighted by molar-refractivity contribution is 5.97. The lowest BCUT2D eigenvalue weighted by Crippen LogP contribution is -2.44. The molecular formula is C14H18N2O5. The van der Waals surface area contributed by atoms with E-state index in [1.807, 2.05) is 0 Å². The molecule has 0 bridgehead atoms. The molecule has 0 saturated heterocycles. The molecule has 1 aromatic carbocycles. The summed E-state index contributed by atoms with van der Waals surface area (Å²) in [6, 6.07) is 4.29. The van der Waals surface area contributed by atoms with Crippen LogP contribution in [0.15, 0.2) is 18.2 Å². The third kappa shape index (κ3) is 4.55. The maximum Gasteiger partial charge on any atom is 0.303 e. The second-order valence-corrected chi connectivity index (χ2v) is 5.44. The average Bonchev–Trinajstić information content (AvgIpc) is 2.35. The van der Waals surface area contributed by atoms with Crippen molar-refractivity contribution in [2.24, 2.45) is 0 Å². The molecule has 1 amide bonds. The molecule has 2 N–H and O–H groups in total.